The molecule has 0 amide bonds. The van der Waals surface area contributed by atoms with Gasteiger partial charge in [-0.15, -0.1) is 0 Å². The molecule has 2 rings (SSSR count). The Morgan fingerprint density at radius 2 is 2.46 bits per heavy atom. The molecule has 0 saturated heterocycles. The molecule has 13 heavy (non-hydrogen) atoms. The molecule has 0 aliphatic rings. The number of carbonyl (C=O) groups is 1. The second kappa shape index (κ2) is 2.78. The number of aromatic amines is 1. The van der Waals surface area contributed by atoms with Crippen molar-refractivity contribution in [2.45, 2.75) is 0 Å². The number of aromatic carboxylic acids is 1. The summed E-state index contributed by atoms with van der Waals surface area (Å²) in [7, 11) is 0. The average Bonchev–Trinajstić information content (AvgIpc) is 2.75. The van der Waals surface area contributed by atoms with Gasteiger partial charge in [-0.2, -0.15) is 5.10 Å². The molecule has 5 heteroatoms. The minimum absolute atomic E-state index is 0.0659. The molecule has 0 aromatic carbocycles. The lowest BCUT2D eigenvalue weighted by atomic mass is 10.2. The zero-order valence-corrected chi connectivity index (χ0v) is 6.52. The molecular formula is C8H6N2O3. The Labute approximate surface area is 73.0 Å². The van der Waals surface area contributed by atoms with Gasteiger partial charge in [0.2, 0.25) is 0 Å². The van der Waals surface area contributed by atoms with Gasteiger partial charge in [0.1, 0.15) is 5.69 Å². The van der Waals surface area contributed by atoms with Gasteiger partial charge in [-0.25, -0.2) is 4.79 Å². The first-order valence-electron chi connectivity index (χ1n) is 3.58. The van der Waals surface area contributed by atoms with E-state index < -0.39 is 5.97 Å². The molecule has 0 unspecified atom stereocenters. The number of carboxylic acids is 1. The minimum Gasteiger partial charge on any atom is -0.477 e. The van der Waals surface area contributed by atoms with E-state index in [2.05, 4.69) is 10.2 Å². The molecule has 2 N–H and O–H groups in total. The molecule has 0 bridgehead atoms. The summed E-state index contributed by atoms with van der Waals surface area (Å²) < 4.78 is 4.84. The van der Waals surface area contributed by atoms with E-state index in [0.29, 0.717) is 5.69 Å². The standard InChI is InChI=1S/C8H6N2O3/c11-8(12)7-3-6(9-10-7)5-1-2-13-4-5/h1-4H,(H,9,10)(H,11,12). The van der Waals surface area contributed by atoms with Gasteiger partial charge >= 0.3 is 5.97 Å². The lowest BCUT2D eigenvalue weighted by Crippen LogP contribution is -1.95. The second-order valence-corrected chi connectivity index (χ2v) is 2.48. The number of nitrogens with one attached hydrogen (secondary N) is 1. The summed E-state index contributed by atoms with van der Waals surface area (Å²) in [5.41, 5.74) is 1.38. The number of furan rings is 1. The van der Waals surface area contributed by atoms with E-state index in [1.165, 1.54) is 18.6 Å². The van der Waals surface area contributed by atoms with Crippen molar-refractivity contribution < 1.29 is 14.3 Å². The summed E-state index contributed by atoms with van der Waals surface area (Å²) in [5.74, 6) is -1.03. The Kier molecular flexibility index (Phi) is 1.63. The van der Waals surface area contributed by atoms with E-state index in [4.69, 9.17) is 9.52 Å². The van der Waals surface area contributed by atoms with Crippen molar-refractivity contribution in [3.63, 3.8) is 0 Å². The topological polar surface area (TPSA) is 79.1 Å². The highest BCUT2D eigenvalue weighted by atomic mass is 16.4. The summed E-state index contributed by atoms with van der Waals surface area (Å²) in [6, 6.07) is 3.16. The Morgan fingerprint density at radius 3 is 3.00 bits per heavy atom. The molecule has 5 nitrogen and oxygen atoms in total. The summed E-state index contributed by atoms with van der Waals surface area (Å²) in [5, 5.41) is 14.8. The predicted octanol–water partition coefficient (Wildman–Crippen LogP) is 1.37. The van der Waals surface area contributed by atoms with Crippen LogP contribution in [0.4, 0.5) is 0 Å². The first-order chi connectivity index (χ1) is 6.27. The number of nitrogens with zero attached hydrogens (tertiary/aromatic N) is 1. The van der Waals surface area contributed by atoms with Crippen LogP contribution in [0.2, 0.25) is 0 Å². The summed E-state index contributed by atoms with van der Waals surface area (Å²) in [6.45, 7) is 0. The molecule has 0 fully saturated rings. The SMILES string of the molecule is O=C(O)c1cc(-c2ccoc2)n[nH]1. The highest BCUT2D eigenvalue weighted by Gasteiger charge is 2.09. The van der Waals surface area contributed by atoms with E-state index in [1.807, 2.05) is 0 Å². The normalized spacial score (nSPS) is 10.2. The molecule has 0 radical (unpaired) electrons. The fourth-order valence-electron chi connectivity index (χ4n) is 0.989. The van der Waals surface area contributed by atoms with Crippen molar-refractivity contribution in [2.24, 2.45) is 0 Å². The van der Waals surface area contributed by atoms with Crippen LogP contribution in [0.25, 0.3) is 11.3 Å². The van der Waals surface area contributed by atoms with Gasteiger partial charge in [0.25, 0.3) is 0 Å². The van der Waals surface area contributed by atoms with Crippen LogP contribution in [0.15, 0.2) is 29.1 Å². The van der Waals surface area contributed by atoms with Crippen LogP contribution >= 0.6 is 0 Å². The van der Waals surface area contributed by atoms with E-state index >= 15 is 0 Å². The van der Waals surface area contributed by atoms with Crippen LogP contribution in [0, 0.1) is 0 Å². The molecule has 66 valence electrons. The third-order valence-corrected chi connectivity index (χ3v) is 1.63. The third kappa shape index (κ3) is 1.31. The number of hydrogen-bond acceptors (Lipinski definition) is 3. The third-order valence-electron chi connectivity index (χ3n) is 1.63. The zero-order valence-electron chi connectivity index (χ0n) is 6.52. The van der Waals surface area contributed by atoms with Crippen LogP contribution in [-0.2, 0) is 0 Å². The lowest BCUT2D eigenvalue weighted by molar-refractivity contribution is 0.0690. The Balaban J connectivity index is 2.39. The van der Waals surface area contributed by atoms with Gasteiger partial charge in [-0.3, -0.25) is 5.10 Å². The number of H-pyrrole nitrogens is 1. The first kappa shape index (κ1) is 7.60. The highest BCUT2D eigenvalue weighted by Crippen LogP contribution is 2.17. The van der Waals surface area contributed by atoms with E-state index in [0.717, 1.165) is 5.56 Å². The number of carboxylic acid groups (broad SMARTS) is 1. The largest absolute Gasteiger partial charge is 0.477 e. The number of hydrogen-bond donors (Lipinski definition) is 2. The fraction of sp³-hybridized carbons (Fsp3) is 0. The second-order valence-electron chi connectivity index (χ2n) is 2.48. The van der Waals surface area contributed by atoms with E-state index in [9.17, 15) is 4.79 Å². The maximum absolute atomic E-state index is 10.5. The predicted molar refractivity (Wildman–Crippen MR) is 43.2 cm³/mol. The molecule has 2 heterocycles. The molecule has 0 saturated carbocycles. The smallest absolute Gasteiger partial charge is 0.353 e. The van der Waals surface area contributed by atoms with Crippen molar-refractivity contribution in [2.75, 3.05) is 0 Å². The minimum atomic E-state index is -1.03. The lowest BCUT2D eigenvalue weighted by Gasteiger charge is -1.83. The van der Waals surface area contributed by atoms with E-state index in [-0.39, 0.29) is 5.69 Å². The van der Waals surface area contributed by atoms with E-state index in [1.54, 1.807) is 6.07 Å². The summed E-state index contributed by atoms with van der Waals surface area (Å²) in [4.78, 5) is 10.5. The highest BCUT2D eigenvalue weighted by molar-refractivity contribution is 5.86. The number of aromatic nitrogens is 2. The van der Waals surface area contributed by atoms with Crippen LogP contribution < -0.4 is 0 Å². The molecule has 2 aromatic heterocycles. The Hall–Kier alpha value is -2.04. The fourth-order valence-corrected chi connectivity index (χ4v) is 0.989. The molecule has 2 aromatic rings. The van der Waals surface area contributed by atoms with Gasteiger partial charge < -0.3 is 9.52 Å². The van der Waals surface area contributed by atoms with Gasteiger partial charge in [0.05, 0.1) is 18.2 Å². The maximum atomic E-state index is 10.5. The Bertz CT molecular complexity index is 416. The molecule has 0 aliphatic heterocycles. The van der Waals surface area contributed by atoms with Gasteiger partial charge in [0, 0.05) is 5.56 Å². The van der Waals surface area contributed by atoms with Crippen LogP contribution in [0.3, 0.4) is 0 Å². The maximum Gasteiger partial charge on any atom is 0.353 e. The van der Waals surface area contributed by atoms with Crippen molar-refractivity contribution >= 4 is 5.97 Å². The van der Waals surface area contributed by atoms with Crippen molar-refractivity contribution in [3.8, 4) is 11.3 Å². The Morgan fingerprint density at radius 1 is 1.62 bits per heavy atom. The quantitative estimate of drug-likeness (QED) is 0.727. The summed E-state index contributed by atoms with van der Waals surface area (Å²) in [6.07, 6.45) is 3.01. The van der Waals surface area contributed by atoms with Crippen LogP contribution in [0.5, 0.6) is 0 Å². The van der Waals surface area contributed by atoms with Crippen LogP contribution in [-0.4, -0.2) is 21.3 Å². The van der Waals surface area contributed by atoms with Crippen molar-refractivity contribution in [1.29, 1.82) is 0 Å². The average molecular weight is 178 g/mol. The molecule has 0 spiro atoms. The van der Waals surface area contributed by atoms with Crippen molar-refractivity contribution in [3.05, 3.63) is 30.4 Å². The van der Waals surface area contributed by atoms with Crippen LogP contribution in [0.1, 0.15) is 10.5 Å². The summed E-state index contributed by atoms with van der Waals surface area (Å²) >= 11 is 0. The zero-order chi connectivity index (χ0) is 9.26. The van der Waals surface area contributed by atoms with Gasteiger partial charge in [-0.1, -0.05) is 0 Å². The molecule has 0 atom stereocenters. The van der Waals surface area contributed by atoms with Gasteiger partial charge in [0.15, 0.2) is 0 Å². The molecular weight excluding hydrogens is 172 g/mol. The van der Waals surface area contributed by atoms with Gasteiger partial charge in [-0.05, 0) is 12.1 Å². The molecule has 0 aliphatic carbocycles. The monoisotopic (exact) mass is 178 g/mol. The number of rotatable bonds is 2. The van der Waals surface area contributed by atoms with Crippen molar-refractivity contribution in [1.82, 2.24) is 10.2 Å². The first-order valence-corrected chi connectivity index (χ1v) is 3.58.